The average molecular weight is 284 g/mol. The highest BCUT2D eigenvalue weighted by Gasteiger charge is 2.18. The first-order valence-corrected chi connectivity index (χ1v) is 6.64. The molecule has 1 aromatic heterocycles. The minimum Gasteiger partial charge on any atom is -0.350 e. The zero-order valence-electron chi connectivity index (χ0n) is 11.6. The molecule has 19 heavy (non-hydrogen) atoms. The van der Waals surface area contributed by atoms with Crippen molar-refractivity contribution in [3.63, 3.8) is 0 Å². The number of nitrogens with one attached hydrogen (secondary N) is 2. The molecule has 1 heterocycles. The summed E-state index contributed by atoms with van der Waals surface area (Å²) in [6, 6.07) is -0.613. The molecule has 1 aromatic rings. The molecule has 0 aromatic carbocycles. The van der Waals surface area contributed by atoms with Gasteiger partial charge in [-0.25, -0.2) is 0 Å². The lowest BCUT2D eigenvalue weighted by Gasteiger charge is -2.15. The van der Waals surface area contributed by atoms with Gasteiger partial charge in [0.25, 0.3) is 0 Å². The van der Waals surface area contributed by atoms with E-state index < -0.39 is 6.04 Å². The van der Waals surface area contributed by atoms with Crippen LogP contribution in [-0.4, -0.2) is 33.4 Å². The van der Waals surface area contributed by atoms with Gasteiger partial charge in [0.15, 0.2) is 0 Å². The molecule has 0 aliphatic rings. The Labute approximate surface area is 118 Å². The van der Waals surface area contributed by atoms with E-state index in [0.29, 0.717) is 6.54 Å². The molecule has 2 N–H and O–H groups in total. The van der Waals surface area contributed by atoms with Gasteiger partial charge in [-0.2, -0.15) is 17.7 Å². The van der Waals surface area contributed by atoms with E-state index in [1.54, 1.807) is 4.68 Å². The maximum atomic E-state index is 11.9. The van der Waals surface area contributed by atoms with Crippen molar-refractivity contribution in [3.05, 3.63) is 17.0 Å². The van der Waals surface area contributed by atoms with Crippen LogP contribution in [0, 0.1) is 13.8 Å². The predicted octanol–water partition coefficient (Wildman–Crippen LogP) is 0.0876. The average Bonchev–Trinajstić information content (AvgIpc) is 2.57. The van der Waals surface area contributed by atoms with Gasteiger partial charge in [0, 0.05) is 37.5 Å². The summed E-state index contributed by atoms with van der Waals surface area (Å²) in [6.45, 7) is 5.62. The number of aromatic nitrogens is 2. The first-order chi connectivity index (χ1) is 8.86. The summed E-state index contributed by atoms with van der Waals surface area (Å²) in [7, 11) is 1.86. The lowest BCUT2D eigenvalue weighted by atomic mass is 10.2. The quantitative estimate of drug-likeness (QED) is 0.671. The van der Waals surface area contributed by atoms with Crippen LogP contribution in [-0.2, 0) is 23.2 Å². The van der Waals surface area contributed by atoms with Crippen molar-refractivity contribution in [1.82, 2.24) is 20.4 Å². The maximum absolute atomic E-state index is 11.9. The van der Waals surface area contributed by atoms with Gasteiger partial charge < -0.3 is 10.6 Å². The fourth-order valence-corrected chi connectivity index (χ4v) is 2.07. The summed E-state index contributed by atoms with van der Waals surface area (Å²) >= 11 is 4.06. The number of nitrogens with zero attached hydrogens (tertiary/aromatic N) is 2. The molecule has 0 bridgehead atoms. The molecule has 0 saturated heterocycles. The van der Waals surface area contributed by atoms with Crippen LogP contribution in [0.5, 0.6) is 0 Å². The molecule has 0 spiro atoms. The van der Waals surface area contributed by atoms with E-state index in [9.17, 15) is 9.59 Å². The Morgan fingerprint density at radius 2 is 2.05 bits per heavy atom. The number of amides is 2. The van der Waals surface area contributed by atoms with E-state index in [-0.39, 0.29) is 17.6 Å². The molecule has 1 unspecified atom stereocenters. The summed E-state index contributed by atoms with van der Waals surface area (Å²) in [5, 5.41) is 9.63. The smallest absolute Gasteiger partial charge is 0.243 e. The Balaban J connectivity index is 2.65. The van der Waals surface area contributed by atoms with E-state index in [0.717, 1.165) is 17.0 Å². The fraction of sp³-hybridized carbons (Fsp3) is 0.583. The molecule has 0 fully saturated rings. The van der Waals surface area contributed by atoms with Gasteiger partial charge in [-0.1, -0.05) is 0 Å². The maximum Gasteiger partial charge on any atom is 0.243 e. The largest absolute Gasteiger partial charge is 0.350 e. The van der Waals surface area contributed by atoms with Crippen molar-refractivity contribution in [2.45, 2.75) is 33.4 Å². The van der Waals surface area contributed by atoms with Crippen LogP contribution < -0.4 is 10.6 Å². The van der Waals surface area contributed by atoms with Gasteiger partial charge in [-0.15, -0.1) is 0 Å². The first kappa shape index (κ1) is 15.6. The predicted molar refractivity (Wildman–Crippen MR) is 76.0 cm³/mol. The molecule has 7 heteroatoms. The molecule has 0 aliphatic heterocycles. The number of rotatable bonds is 5. The second-order valence-electron chi connectivity index (χ2n) is 4.43. The Kier molecular flexibility index (Phi) is 5.41. The molecular weight excluding hydrogens is 264 g/mol. The number of carbonyl (C=O) groups excluding carboxylic acids is 2. The van der Waals surface area contributed by atoms with Crippen molar-refractivity contribution in [2.75, 3.05) is 5.75 Å². The molecule has 106 valence electrons. The van der Waals surface area contributed by atoms with Crippen LogP contribution in [0.15, 0.2) is 0 Å². The highest BCUT2D eigenvalue weighted by molar-refractivity contribution is 7.80. The topological polar surface area (TPSA) is 76.0 Å². The highest BCUT2D eigenvalue weighted by Crippen LogP contribution is 2.11. The summed E-state index contributed by atoms with van der Waals surface area (Å²) in [5.41, 5.74) is 2.90. The monoisotopic (exact) mass is 284 g/mol. The van der Waals surface area contributed by atoms with Crippen LogP contribution in [0.3, 0.4) is 0 Å². The summed E-state index contributed by atoms with van der Waals surface area (Å²) < 4.78 is 1.78. The lowest BCUT2D eigenvalue weighted by molar-refractivity contribution is -0.127. The summed E-state index contributed by atoms with van der Waals surface area (Å²) in [5.74, 6) is -0.230. The molecule has 0 aliphatic carbocycles. The molecular formula is C12H20N4O2S. The van der Waals surface area contributed by atoms with Crippen molar-refractivity contribution >= 4 is 24.4 Å². The second kappa shape index (κ2) is 6.60. The summed E-state index contributed by atoms with van der Waals surface area (Å²) in [4.78, 5) is 22.9. The Bertz CT molecular complexity index is 484. The molecule has 1 rings (SSSR count). The van der Waals surface area contributed by atoms with E-state index in [4.69, 9.17) is 0 Å². The Morgan fingerprint density at radius 1 is 1.42 bits per heavy atom. The van der Waals surface area contributed by atoms with E-state index in [1.807, 2.05) is 20.9 Å². The Morgan fingerprint density at radius 3 is 2.47 bits per heavy atom. The van der Waals surface area contributed by atoms with Crippen LogP contribution in [0.2, 0.25) is 0 Å². The lowest BCUT2D eigenvalue weighted by Crippen LogP contribution is -2.47. The minimum atomic E-state index is -0.613. The van der Waals surface area contributed by atoms with Gasteiger partial charge >= 0.3 is 0 Å². The van der Waals surface area contributed by atoms with E-state index in [2.05, 4.69) is 28.4 Å². The second-order valence-corrected chi connectivity index (χ2v) is 4.79. The summed E-state index contributed by atoms with van der Waals surface area (Å²) in [6.07, 6.45) is 0. The zero-order valence-corrected chi connectivity index (χ0v) is 12.5. The van der Waals surface area contributed by atoms with Crippen LogP contribution >= 0.6 is 12.6 Å². The third-order valence-corrected chi connectivity index (χ3v) is 3.34. The van der Waals surface area contributed by atoms with Crippen molar-refractivity contribution in [3.8, 4) is 0 Å². The van der Waals surface area contributed by atoms with Gasteiger partial charge in [-0.3, -0.25) is 14.3 Å². The van der Waals surface area contributed by atoms with E-state index >= 15 is 0 Å². The van der Waals surface area contributed by atoms with Gasteiger partial charge in [0.05, 0.1) is 5.69 Å². The van der Waals surface area contributed by atoms with Crippen LogP contribution in [0.4, 0.5) is 0 Å². The number of thiol groups is 1. The Hall–Kier alpha value is -1.50. The standard InChI is InChI=1S/C12H20N4O2S/c1-7-10(8(2)16(4)15-7)5-13-12(18)11(6-19)14-9(3)17/h11,19H,5-6H2,1-4H3,(H,13,18)(H,14,17). The van der Waals surface area contributed by atoms with Gasteiger partial charge in [-0.05, 0) is 13.8 Å². The number of carbonyl (C=O) groups is 2. The van der Waals surface area contributed by atoms with Crippen LogP contribution in [0.1, 0.15) is 23.9 Å². The first-order valence-electron chi connectivity index (χ1n) is 6.01. The highest BCUT2D eigenvalue weighted by atomic mass is 32.1. The number of hydrogen-bond donors (Lipinski definition) is 3. The molecule has 6 nitrogen and oxygen atoms in total. The SMILES string of the molecule is CC(=O)NC(CS)C(=O)NCc1c(C)nn(C)c1C. The molecule has 2 amide bonds. The van der Waals surface area contributed by atoms with E-state index in [1.165, 1.54) is 6.92 Å². The zero-order chi connectivity index (χ0) is 14.6. The third kappa shape index (κ3) is 3.99. The van der Waals surface area contributed by atoms with Crippen molar-refractivity contribution < 1.29 is 9.59 Å². The fourth-order valence-electron chi connectivity index (χ4n) is 1.81. The minimum absolute atomic E-state index is 0.243. The molecule has 1 atom stereocenters. The number of aryl methyl sites for hydroxylation is 2. The van der Waals surface area contributed by atoms with Crippen molar-refractivity contribution in [1.29, 1.82) is 0 Å². The normalized spacial score (nSPS) is 12.1. The van der Waals surface area contributed by atoms with Gasteiger partial charge in [0.1, 0.15) is 6.04 Å². The third-order valence-electron chi connectivity index (χ3n) is 2.97. The molecule has 0 saturated carbocycles. The van der Waals surface area contributed by atoms with Gasteiger partial charge in [0.2, 0.25) is 11.8 Å². The number of hydrogen-bond acceptors (Lipinski definition) is 4. The van der Waals surface area contributed by atoms with Crippen LogP contribution in [0.25, 0.3) is 0 Å². The molecule has 0 radical (unpaired) electrons. The van der Waals surface area contributed by atoms with Crippen molar-refractivity contribution in [2.24, 2.45) is 7.05 Å².